The predicted octanol–water partition coefficient (Wildman–Crippen LogP) is 4.61. The normalized spacial score (nSPS) is 34.3. The molecule has 23 heavy (non-hydrogen) atoms. The van der Waals surface area contributed by atoms with Gasteiger partial charge in [-0.2, -0.15) is 0 Å². The third-order valence-electron chi connectivity index (χ3n) is 5.73. The molecule has 128 valence electrons. The average Bonchev–Trinajstić information content (AvgIpc) is 3.28. The SMILES string of the molecule is CCC1(NC(C)(C)C)CCC(NC2CC2c2ccccc2)CC1. The van der Waals surface area contributed by atoms with E-state index in [1.807, 2.05) is 0 Å². The predicted molar refractivity (Wildman–Crippen MR) is 98.9 cm³/mol. The average molecular weight is 315 g/mol. The molecule has 0 aromatic heterocycles. The van der Waals surface area contributed by atoms with E-state index in [0.29, 0.717) is 11.6 Å². The molecule has 0 saturated heterocycles. The zero-order chi connectivity index (χ0) is 16.5. The summed E-state index contributed by atoms with van der Waals surface area (Å²) in [6.45, 7) is 9.23. The third kappa shape index (κ3) is 4.36. The first-order chi connectivity index (χ1) is 10.9. The maximum atomic E-state index is 3.94. The molecule has 1 aromatic carbocycles. The van der Waals surface area contributed by atoms with Gasteiger partial charge < -0.3 is 10.6 Å². The number of hydrogen-bond acceptors (Lipinski definition) is 2. The van der Waals surface area contributed by atoms with Crippen LogP contribution in [-0.2, 0) is 0 Å². The van der Waals surface area contributed by atoms with Gasteiger partial charge in [-0.15, -0.1) is 0 Å². The number of hydrogen-bond donors (Lipinski definition) is 2. The second-order valence-electron chi connectivity index (χ2n) is 8.81. The van der Waals surface area contributed by atoms with Gasteiger partial charge in [-0.1, -0.05) is 37.3 Å². The summed E-state index contributed by atoms with van der Waals surface area (Å²) in [5, 5.41) is 7.86. The van der Waals surface area contributed by atoms with Crippen molar-refractivity contribution in [2.45, 2.75) is 95.3 Å². The Morgan fingerprint density at radius 2 is 1.74 bits per heavy atom. The minimum atomic E-state index is 0.213. The molecular weight excluding hydrogens is 280 g/mol. The number of nitrogens with one attached hydrogen (secondary N) is 2. The van der Waals surface area contributed by atoms with Crippen LogP contribution in [0, 0.1) is 0 Å². The van der Waals surface area contributed by atoms with Crippen molar-refractivity contribution < 1.29 is 0 Å². The van der Waals surface area contributed by atoms with Crippen LogP contribution in [0.3, 0.4) is 0 Å². The van der Waals surface area contributed by atoms with E-state index in [0.717, 1.165) is 12.0 Å². The lowest BCUT2D eigenvalue weighted by molar-refractivity contribution is 0.154. The standard InChI is InChI=1S/C21H34N2/c1-5-21(23-20(2,3)4)13-11-17(12-14-21)22-19-15-18(19)16-9-7-6-8-10-16/h6-10,17-19,22-23H,5,11-15H2,1-4H3. The molecule has 2 nitrogen and oxygen atoms in total. The molecule has 0 bridgehead atoms. The van der Waals surface area contributed by atoms with Gasteiger partial charge in [-0.05, 0) is 64.9 Å². The van der Waals surface area contributed by atoms with E-state index in [2.05, 4.69) is 68.7 Å². The Morgan fingerprint density at radius 3 is 2.30 bits per heavy atom. The summed E-state index contributed by atoms with van der Waals surface area (Å²) in [4.78, 5) is 0. The molecule has 0 amide bonds. The lowest BCUT2D eigenvalue weighted by atomic mass is 9.76. The van der Waals surface area contributed by atoms with Crippen LogP contribution < -0.4 is 10.6 Å². The maximum absolute atomic E-state index is 3.94. The van der Waals surface area contributed by atoms with E-state index in [-0.39, 0.29) is 5.54 Å². The third-order valence-corrected chi connectivity index (χ3v) is 5.73. The van der Waals surface area contributed by atoms with Gasteiger partial charge in [0.15, 0.2) is 0 Å². The van der Waals surface area contributed by atoms with Crippen LogP contribution in [0.15, 0.2) is 30.3 Å². The topological polar surface area (TPSA) is 24.1 Å². The Kier molecular flexibility index (Phi) is 4.85. The summed E-state index contributed by atoms with van der Waals surface area (Å²) in [6, 6.07) is 12.4. The summed E-state index contributed by atoms with van der Waals surface area (Å²) < 4.78 is 0. The minimum Gasteiger partial charge on any atom is -0.311 e. The van der Waals surface area contributed by atoms with Crippen LogP contribution in [0.4, 0.5) is 0 Å². The first kappa shape index (κ1) is 17.0. The largest absolute Gasteiger partial charge is 0.311 e. The van der Waals surface area contributed by atoms with Gasteiger partial charge in [-0.25, -0.2) is 0 Å². The molecule has 2 heteroatoms. The van der Waals surface area contributed by atoms with Gasteiger partial charge in [-0.3, -0.25) is 0 Å². The van der Waals surface area contributed by atoms with Crippen LogP contribution >= 0.6 is 0 Å². The maximum Gasteiger partial charge on any atom is 0.0184 e. The van der Waals surface area contributed by atoms with Gasteiger partial charge in [0.25, 0.3) is 0 Å². The van der Waals surface area contributed by atoms with Crippen molar-refractivity contribution in [3.8, 4) is 0 Å². The highest BCUT2D eigenvalue weighted by Gasteiger charge is 2.42. The second kappa shape index (κ2) is 6.57. The van der Waals surface area contributed by atoms with Gasteiger partial charge in [0.2, 0.25) is 0 Å². The molecule has 2 N–H and O–H groups in total. The first-order valence-electron chi connectivity index (χ1n) is 9.51. The fourth-order valence-corrected chi connectivity index (χ4v) is 4.45. The van der Waals surface area contributed by atoms with Crippen LogP contribution in [-0.4, -0.2) is 23.2 Å². The summed E-state index contributed by atoms with van der Waals surface area (Å²) >= 11 is 0. The number of benzene rings is 1. The van der Waals surface area contributed by atoms with Gasteiger partial charge in [0.05, 0.1) is 0 Å². The van der Waals surface area contributed by atoms with Crippen LogP contribution in [0.5, 0.6) is 0 Å². The van der Waals surface area contributed by atoms with E-state index in [1.165, 1.54) is 44.1 Å². The fraction of sp³-hybridized carbons (Fsp3) is 0.714. The monoisotopic (exact) mass is 314 g/mol. The molecule has 0 aliphatic heterocycles. The highest BCUT2D eigenvalue weighted by molar-refractivity contribution is 5.27. The Labute approximate surface area is 142 Å². The van der Waals surface area contributed by atoms with E-state index in [4.69, 9.17) is 0 Å². The number of rotatable bonds is 5. The van der Waals surface area contributed by atoms with Crippen LogP contribution in [0.1, 0.15) is 77.7 Å². The Balaban J connectivity index is 1.48. The molecule has 2 aliphatic carbocycles. The molecule has 2 saturated carbocycles. The summed E-state index contributed by atoms with van der Waals surface area (Å²) in [5.74, 6) is 0.752. The van der Waals surface area contributed by atoms with Gasteiger partial charge in [0, 0.05) is 29.1 Å². The van der Waals surface area contributed by atoms with Crippen molar-refractivity contribution in [2.24, 2.45) is 0 Å². The van der Waals surface area contributed by atoms with Crippen molar-refractivity contribution in [3.05, 3.63) is 35.9 Å². The first-order valence-corrected chi connectivity index (χ1v) is 9.51. The van der Waals surface area contributed by atoms with E-state index in [9.17, 15) is 0 Å². The quantitative estimate of drug-likeness (QED) is 0.829. The molecule has 2 unspecified atom stereocenters. The van der Waals surface area contributed by atoms with E-state index >= 15 is 0 Å². The minimum absolute atomic E-state index is 0.213. The Bertz CT molecular complexity index is 494. The van der Waals surface area contributed by atoms with Crippen molar-refractivity contribution >= 4 is 0 Å². The molecule has 0 heterocycles. The molecule has 2 atom stereocenters. The zero-order valence-electron chi connectivity index (χ0n) is 15.4. The lowest BCUT2D eigenvalue weighted by Gasteiger charge is -2.45. The van der Waals surface area contributed by atoms with Crippen molar-refractivity contribution in [1.29, 1.82) is 0 Å². The highest BCUT2D eigenvalue weighted by atomic mass is 15.1. The van der Waals surface area contributed by atoms with Crippen LogP contribution in [0.2, 0.25) is 0 Å². The van der Waals surface area contributed by atoms with E-state index in [1.54, 1.807) is 0 Å². The molecule has 0 radical (unpaired) electrons. The van der Waals surface area contributed by atoms with Gasteiger partial charge in [0.1, 0.15) is 0 Å². The second-order valence-corrected chi connectivity index (χ2v) is 8.81. The summed E-state index contributed by atoms with van der Waals surface area (Å²) in [5.41, 5.74) is 2.09. The summed E-state index contributed by atoms with van der Waals surface area (Å²) in [7, 11) is 0. The van der Waals surface area contributed by atoms with E-state index < -0.39 is 0 Å². The van der Waals surface area contributed by atoms with Crippen molar-refractivity contribution in [1.82, 2.24) is 10.6 Å². The fourth-order valence-electron chi connectivity index (χ4n) is 4.45. The highest BCUT2D eigenvalue weighted by Crippen LogP contribution is 2.42. The molecule has 1 aromatic rings. The van der Waals surface area contributed by atoms with Gasteiger partial charge >= 0.3 is 0 Å². The summed E-state index contributed by atoms with van der Waals surface area (Å²) in [6.07, 6.45) is 7.80. The molecule has 0 spiro atoms. The molecular formula is C21H34N2. The molecule has 2 aliphatic rings. The van der Waals surface area contributed by atoms with Crippen molar-refractivity contribution in [3.63, 3.8) is 0 Å². The lowest BCUT2D eigenvalue weighted by Crippen LogP contribution is -2.56. The Morgan fingerprint density at radius 1 is 1.09 bits per heavy atom. The van der Waals surface area contributed by atoms with Crippen LogP contribution in [0.25, 0.3) is 0 Å². The zero-order valence-corrected chi connectivity index (χ0v) is 15.4. The van der Waals surface area contributed by atoms with Crippen molar-refractivity contribution in [2.75, 3.05) is 0 Å². The Hall–Kier alpha value is -0.860. The molecule has 3 rings (SSSR count). The molecule has 2 fully saturated rings. The smallest absolute Gasteiger partial charge is 0.0184 e.